The maximum absolute atomic E-state index is 5.89. The van der Waals surface area contributed by atoms with Gasteiger partial charge in [-0.1, -0.05) is 47.1 Å². The number of hydrogen-bond acceptors (Lipinski definition) is 2. The van der Waals surface area contributed by atoms with Crippen LogP contribution in [-0.2, 0) is 6.42 Å². The molecule has 0 bridgehead atoms. The molecule has 21 heavy (non-hydrogen) atoms. The van der Waals surface area contributed by atoms with Gasteiger partial charge < -0.3 is 10.1 Å². The predicted molar refractivity (Wildman–Crippen MR) is 90.0 cm³/mol. The first kappa shape index (κ1) is 14.6. The third-order valence-corrected chi connectivity index (χ3v) is 4.50. The highest BCUT2D eigenvalue weighted by Gasteiger charge is 2.23. The molecule has 0 aromatic heterocycles. The van der Waals surface area contributed by atoms with Crippen LogP contribution < -0.4 is 10.1 Å². The van der Waals surface area contributed by atoms with E-state index in [0.717, 1.165) is 29.8 Å². The first-order valence-corrected chi connectivity index (χ1v) is 8.24. The Morgan fingerprint density at radius 3 is 2.86 bits per heavy atom. The molecule has 2 nitrogen and oxygen atoms in total. The van der Waals surface area contributed by atoms with Crippen molar-refractivity contribution < 1.29 is 4.74 Å². The number of nitrogens with one attached hydrogen (secondary N) is 1. The Hall–Kier alpha value is -1.32. The minimum absolute atomic E-state index is 0.177. The lowest BCUT2D eigenvalue weighted by atomic mass is 9.93. The maximum Gasteiger partial charge on any atom is 0.127 e. The zero-order valence-electron chi connectivity index (χ0n) is 12.4. The molecule has 2 aromatic rings. The van der Waals surface area contributed by atoms with E-state index >= 15 is 0 Å². The van der Waals surface area contributed by atoms with E-state index in [-0.39, 0.29) is 6.04 Å². The second kappa shape index (κ2) is 6.20. The van der Waals surface area contributed by atoms with Gasteiger partial charge in [-0.15, -0.1) is 0 Å². The van der Waals surface area contributed by atoms with Crippen LogP contribution in [0, 0.1) is 6.92 Å². The SMILES string of the molecule is CCNC(c1ccc(Br)cc1C)c1cccc2c1OCC2. The number of fused-ring (bicyclic) bond motifs is 1. The molecule has 0 spiro atoms. The van der Waals surface area contributed by atoms with Gasteiger partial charge in [0, 0.05) is 16.5 Å². The Kier molecular flexibility index (Phi) is 4.32. The van der Waals surface area contributed by atoms with Crippen molar-refractivity contribution in [3.8, 4) is 5.75 Å². The zero-order valence-corrected chi connectivity index (χ0v) is 14.0. The number of rotatable bonds is 4. The minimum Gasteiger partial charge on any atom is -0.493 e. The van der Waals surface area contributed by atoms with Crippen LogP contribution in [0.1, 0.15) is 35.2 Å². The van der Waals surface area contributed by atoms with E-state index in [9.17, 15) is 0 Å². The lowest BCUT2D eigenvalue weighted by Crippen LogP contribution is -2.23. The van der Waals surface area contributed by atoms with Crippen molar-refractivity contribution in [1.29, 1.82) is 0 Å². The molecule has 2 aromatic carbocycles. The fourth-order valence-corrected chi connectivity index (χ4v) is 3.50. The highest BCUT2D eigenvalue weighted by Crippen LogP contribution is 2.37. The van der Waals surface area contributed by atoms with Crippen LogP contribution >= 0.6 is 15.9 Å². The molecule has 0 saturated carbocycles. The van der Waals surface area contributed by atoms with E-state index in [1.54, 1.807) is 0 Å². The molecule has 0 aliphatic carbocycles. The lowest BCUT2D eigenvalue weighted by Gasteiger charge is -2.23. The third kappa shape index (κ3) is 2.85. The van der Waals surface area contributed by atoms with Gasteiger partial charge in [-0.2, -0.15) is 0 Å². The van der Waals surface area contributed by atoms with E-state index in [1.807, 2.05) is 0 Å². The second-order valence-electron chi connectivity index (χ2n) is 5.43. The number of hydrogen-bond donors (Lipinski definition) is 1. The molecular weight excluding hydrogens is 326 g/mol. The van der Waals surface area contributed by atoms with Crippen molar-refractivity contribution in [2.24, 2.45) is 0 Å². The van der Waals surface area contributed by atoms with Gasteiger partial charge >= 0.3 is 0 Å². The molecule has 1 aliphatic rings. The molecule has 3 rings (SSSR count). The highest BCUT2D eigenvalue weighted by molar-refractivity contribution is 9.10. The molecule has 1 atom stereocenters. The summed E-state index contributed by atoms with van der Waals surface area (Å²) < 4.78 is 7.01. The van der Waals surface area contributed by atoms with Crippen LogP contribution in [0.4, 0.5) is 0 Å². The quantitative estimate of drug-likeness (QED) is 0.887. The summed E-state index contributed by atoms with van der Waals surface area (Å²) in [6, 6.07) is 13.1. The van der Waals surface area contributed by atoms with E-state index in [2.05, 4.69) is 71.5 Å². The van der Waals surface area contributed by atoms with Gasteiger partial charge in [0.2, 0.25) is 0 Å². The third-order valence-electron chi connectivity index (χ3n) is 4.01. The summed E-state index contributed by atoms with van der Waals surface area (Å²) in [5.41, 5.74) is 5.16. The van der Waals surface area contributed by atoms with Crippen LogP contribution in [0.15, 0.2) is 40.9 Å². The Morgan fingerprint density at radius 2 is 2.10 bits per heavy atom. The smallest absolute Gasteiger partial charge is 0.127 e. The molecular formula is C18H20BrNO. The maximum atomic E-state index is 5.89. The summed E-state index contributed by atoms with van der Waals surface area (Å²) in [4.78, 5) is 0. The minimum atomic E-state index is 0.177. The second-order valence-corrected chi connectivity index (χ2v) is 6.34. The first-order chi connectivity index (χ1) is 10.2. The average molecular weight is 346 g/mol. The van der Waals surface area contributed by atoms with Gasteiger partial charge in [-0.25, -0.2) is 0 Å². The Labute approximate surface area is 134 Å². The van der Waals surface area contributed by atoms with Gasteiger partial charge in [-0.05, 0) is 42.3 Å². The van der Waals surface area contributed by atoms with Crippen LogP contribution in [0.5, 0.6) is 5.75 Å². The number of halogens is 1. The average Bonchev–Trinajstić information content (AvgIpc) is 2.94. The summed E-state index contributed by atoms with van der Waals surface area (Å²) in [5, 5.41) is 3.61. The van der Waals surface area contributed by atoms with Crippen molar-refractivity contribution in [3.05, 3.63) is 63.1 Å². The van der Waals surface area contributed by atoms with Gasteiger partial charge in [0.15, 0.2) is 0 Å². The van der Waals surface area contributed by atoms with Gasteiger partial charge in [0.1, 0.15) is 5.75 Å². The van der Waals surface area contributed by atoms with Crippen LogP contribution in [0.25, 0.3) is 0 Å². The molecule has 0 saturated heterocycles. The van der Waals surface area contributed by atoms with E-state index < -0.39 is 0 Å². The van der Waals surface area contributed by atoms with Crippen molar-refractivity contribution >= 4 is 15.9 Å². The lowest BCUT2D eigenvalue weighted by molar-refractivity contribution is 0.350. The van der Waals surface area contributed by atoms with E-state index in [4.69, 9.17) is 4.74 Å². The zero-order chi connectivity index (χ0) is 14.8. The number of aryl methyl sites for hydroxylation is 1. The predicted octanol–water partition coefficient (Wildman–Crippen LogP) is 4.39. The summed E-state index contributed by atoms with van der Waals surface area (Å²) >= 11 is 3.55. The Balaban J connectivity index is 2.08. The molecule has 0 radical (unpaired) electrons. The van der Waals surface area contributed by atoms with Gasteiger partial charge in [0.05, 0.1) is 12.6 Å². The van der Waals surface area contributed by atoms with Gasteiger partial charge in [-0.3, -0.25) is 0 Å². The summed E-state index contributed by atoms with van der Waals surface area (Å²) in [7, 11) is 0. The monoisotopic (exact) mass is 345 g/mol. The van der Waals surface area contributed by atoms with Crippen molar-refractivity contribution in [1.82, 2.24) is 5.32 Å². The fraction of sp³-hybridized carbons (Fsp3) is 0.333. The molecule has 1 N–H and O–H groups in total. The van der Waals surface area contributed by atoms with E-state index in [0.29, 0.717) is 0 Å². The molecule has 110 valence electrons. The van der Waals surface area contributed by atoms with Crippen molar-refractivity contribution in [2.75, 3.05) is 13.2 Å². The number of ether oxygens (including phenoxy) is 1. The number of benzene rings is 2. The molecule has 0 amide bonds. The van der Waals surface area contributed by atoms with Crippen molar-refractivity contribution in [2.45, 2.75) is 26.3 Å². The first-order valence-electron chi connectivity index (χ1n) is 7.44. The summed E-state index contributed by atoms with van der Waals surface area (Å²) in [6.45, 7) is 6.02. The highest BCUT2D eigenvalue weighted by atomic mass is 79.9. The molecule has 1 aliphatic heterocycles. The Bertz CT molecular complexity index is 654. The van der Waals surface area contributed by atoms with Gasteiger partial charge in [0.25, 0.3) is 0 Å². The number of para-hydroxylation sites is 1. The topological polar surface area (TPSA) is 21.3 Å². The standard InChI is InChI=1S/C18H20BrNO/c1-3-20-17(15-8-7-14(19)11-12(15)2)16-6-4-5-13-9-10-21-18(13)16/h4-8,11,17,20H,3,9-10H2,1-2H3. The summed E-state index contributed by atoms with van der Waals surface area (Å²) in [5.74, 6) is 1.07. The normalized spacial score (nSPS) is 14.6. The Morgan fingerprint density at radius 1 is 1.24 bits per heavy atom. The summed E-state index contributed by atoms with van der Waals surface area (Å²) in [6.07, 6.45) is 1.02. The van der Waals surface area contributed by atoms with Crippen LogP contribution in [-0.4, -0.2) is 13.2 Å². The molecule has 1 unspecified atom stereocenters. The van der Waals surface area contributed by atoms with Crippen LogP contribution in [0.2, 0.25) is 0 Å². The molecule has 3 heteroatoms. The van der Waals surface area contributed by atoms with Crippen LogP contribution in [0.3, 0.4) is 0 Å². The largest absolute Gasteiger partial charge is 0.493 e. The van der Waals surface area contributed by atoms with Crippen molar-refractivity contribution in [3.63, 3.8) is 0 Å². The fourth-order valence-electron chi connectivity index (χ4n) is 3.02. The molecule has 1 heterocycles. The van der Waals surface area contributed by atoms with E-state index in [1.165, 1.54) is 22.3 Å². The molecule has 0 fully saturated rings.